The third kappa shape index (κ3) is 4.14. The summed E-state index contributed by atoms with van der Waals surface area (Å²) in [5.74, 6) is 2.41. The Labute approximate surface area is 216 Å². The van der Waals surface area contributed by atoms with Gasteiger partial charge in [-0.2, -0.15) is 0 Å². The Morgan fingerprint density at radius 1 is 0.714 bits per heavy atom. The largest absolute Gasteiger partial charge is 0.305 e. The van der Waals surface area contributed by atoms with Gasteiger partial charge in [0.15, 0.2) is 0 Å². The summed E-state index contributed by atoms with van der Waals surface area (Å²) in [4.78, 5) is 15.7. The Morgan fingerprint density at radius 2 is 1.14 bits per heavy atom. The molecule has 0 atom stereocenters. The van der Waals surface area contributed by atoms with Gasteiger partial charge in [0.2, 0.25) is 0 Å². The summed E-state index contributed by atoms with van der Waals surface area (Å²) >= 11 is 0. The van der Waals surface area contributed by atoms with Crippen LogP contribution < -0.4 is 0 Å². The number of hydrogen-bond acceptors (Lipinski definition) is 1. The van der Waals surface area contributed by atoms with Crippen LogP contribution in [0.2, 0.25) is 39.3 Å². The molecule has 0 amide bonds. The zero-order valence-corrected chi connectivity index (χ0v) is 25.7. The van der Waals surface area contributed by atoms with Crippen LogP contribution >= 0.6 is 0 Å². The van der Waals surface area contributed by atoms with Gasteiger partial charge in [0, 0.05) is 5.41 Å². The van der Waals surface area contributed by atoms with Gasteiger partial charge in [0.25, 0.3) is 0 Å². The molecule has 6 rings (SSSR count). The molecule has 0 heterocycles. The van der Waals surface area contributed by atoms with Crippen LogP contribution in [-0.4, -0.2) is 27.7 Å². The second-order valence-electron chi connectivity index (χ2n) is 14.1. The third-order valence-corrected chi connectivity index (χ3v) is 46.6. The van der Waals surface area contributed by atoms with E-state index < -0.39 is 22.3 Å². The van der Waals surface area contributed by atoms with Gasteiger partial charge in [-0.1, -0.05) is 106 Å². The van der Waals surface area contributed by atoms with Crippen LogP contribution in [0.3, 0.4) is 0 Å². The summed E-state index contributed by atoms with van der Waals surface area (Å²) in [6.07, 6.45) is 10.2. The summed E-state index contributed by atoms with van der Waals surface area (Å²) in [6, 6.07) is 21.9. The van der Waals surface area contributed by atoms with Crippen molar-refractivity contribution in [3.8, 4) is 0 Å². The first-order chi connectivity index (χ1) is 16.5. The van der Waals surface area contributed by atoms with Crippen molar-refractivity contribution >= 4 is 39.0 Å². The molecule has 4 aliphatic rings. The molecule has 0 saturated heterocycles. The minimum Gasteiger partial charge on any atom is -0.305 e. The van der Waals surface area contributed by atoms with E-state index in [2.05, 4.69) is 106 Å². The van der Waals surface area contributed by atoms with E-state index >= 15 is 4.79 Å². The van der Waals surface area contributed by atoms with Crippen LogP contribution in [0.15, 0.2) is 60.7 Å². The van der Waals surface area contributed by atoms with E-state index in [-0.39, 0.29) is 5.41 Å². The Kier molecular flexibility index (Phi) is 6.33. The van der Waals surface area contributed by atoms with E-state index in [1.54, 1.807) is 0 Å². The van der Waals surface area contributed by atoms with Gasteiger partial charge in [0.05, 0.1) is 15.2 Å². The van der Waals surface area contributed by atoms with Crippen molar-refractivity contribution in [2.45, 2.75) is 77.8 Å². The average Bonchev–Trinajstić information content (AvgIpc) is 2.77. The molecule has 0 N–H and O–H groups in total. The molecule has 0 spiro atoms. The van der Waals surface area contributed by atoms with Crippen LogP contribution in [0.5, 0.6) is 0 Å². The smallest absolute Gasteiger partial charge is 0.148 e. The van der Waals surface area contributed by atoms with Gasteiger partial charge in [0.1, 0.15) is 12.5 Å². The van der Waals surface area contributed by atoms with Crippen molar-refractivity contribution in [2.75, 3.05) is 0 Å². The van der Waals surface area contributed by atoms with Crippen molar-refractivity contribution < 1.29 is 4.79 Å². The van der Waals surface area contributed by atoms with Crippen LogP contribution in [0, 0.1) is 23.2 Å². The predicted octanol–water partition coefficient (Wildman–Crippen LogP) is 8.37. The van der Waals surface area contributed by atoms with Crippen molar-refractivity contribution in [2.24, 2.45) is 23.2 Å². The molecule has 2 aromatic carbocycles. The minimum atomic E-state index is -2.54. The average molecular weight is 517 g/mol. The summed E-state index contributed by atoms with van der Waals surface area (Å²) in [5.41, 5.74) is 2.52. The van der Waals surface area contributed by atoms with Crippen LogP contribution in [0.1, 0.15) is 49.7 Å². The molecule has 0 aromatic heterocycles. The van der Waals surface area contributed by atoms with Crippen molar-refractivity contribution in [1.29, 1.82) is 0 Å². The van der Waals surface area contributed by atoms with Gasteiger partial charge in [-0.25, -0.2) is 0 Å². The van der Waals surface area contributed by atoms with Gasteiger partial charge in [-0.05, 0) is 72.6 Å². The maximum Gasteiger partial charge on any atom is 0.148 e. The predicted molar refractivity (Wildman–Crippen MR) is 159 cm³/mol. The fraction of sp³-hybridized carbons (Fsp3) is 0.516. The SMILES string of the molecule is C[Si](C)(C)[Si](C(=O)C12CC3CC(CC(C3)C1)C2)(C(=Cc1ccccc1)c1ccccc1)[Si](C)(C)C. The van der Waals surface area contributed by atoms with E-state index in [4.69, 9.17) is 0 Å². The first-order valence-electron chi connectivity index (χ1n) is 13.8. The lowest BCUT2D eigenvalue weighted by atomic mass is 9.50. The second-order valence-corrected chi connectivity index (χ2v) is 40.6. The topological polar surface area (TPSA) is 17.1 Å². The number of carbonyl (C=O) groups excluding carboxylic acids is 1. The molecule has 4 heteroatoms. The lowest BCUT2D eigenvalue weighted by Gasteiger charge is -2.61. The molecule has 4 bridgehead atoms. The van der Waals surface area contributed by atoms with Gasteiger partial charge in [-0.15, -0.1) is 0 Å². The molecule has 4 aliphatic carbocycles. The van der Waals surface area contributed by atoms with Crippen LogP contribution in [-0.2, 0) is 4.79 Å². The number of hydrogen-bond donors (Lipinski definition) is 0. The maximum atomic E-state index is 15.7. The maximum absolute atomic E-state index is 15.7. The quantitative estimate of drug-likeness (QED) is 0.267. The number of benzene rings is 2. The molecule has 4 fully saturated rings. The molecule has 2 aromatic rings. The number of carbonyl (C=O) groups is 1. The highest BCUT2D eigenvalue weighted by Gasteiger charge is 2.68. The summed E-state index contributed by atoms with van der Waals surface area (Å²) < 4.78 is 0. The second kappa shape index (κ2) is 8.81. The zero-order valence-electron chi connectivity index (χ0n) is 22.7. The van der Waals surface area contributed by atoms with Crippen molar-refractivity contribution in [3.05, 3.63) is 71.8 Å². The Bertz CT molecular complexity index is 1060. The monoisotopic (exact) mass is 516 g/mol. The highest BCUT2D eigenvalue weighted by Crippen LogP contribution is 2.62. The Morgan fingerprint density at radius 3 is 1.57 bits per heavy atom. The van der Waals surface area contributed by atoms with Crippen molar-refractivity contribution in [3.63, 3.8) is 0 Å². The minimum absolute atomic E-state index is 0.0356. The van der Waals surface area contributed by atoms with Gasteiger partial charge < -0.3 is 4.79 Å². The summed E-state index contributed by atoms with van der Waals surface area (Å²) in [6.45, 7) is 15.3. The Hall–Kier alpha value is -1.50. The van der Waals surface area contributed by atoms with Crippen LogP contribution in [0.4, 0.5) is 0 Å². The highest BCUT2D eigenvalue weighted by molar-refractivity contribution is 7.82. The first kappa shape index (κ1) is 25.2. The molecular formula is C31H44OSi3. The standard InChI is InChI=1S/C31H44OSi3/c1-33(2,3)35(34(4,5)6,30(32)31-21-25-17-26(22-31)19-27(18-25)23-31)29(28-15-11-8-12-16-28)20-24-13-9-7-10-14-24/h7-16,20,25-27H,17-19,21-23H2,1-6H3. The van der Waals surface area contributed by atoms with E-state index in [0.717, 1.165) is 23.2 Å². The highest BCUT2D eigenvalue weighted by atomic mass is 29.6. The molecule has 0 aliphatic heterocycles. The van der Waals surface area contributed by atoms with Gasteiger partial charge in [-0.3, -0.25) is 0 Å². The molecule has 0 radical (unpaired) electrons. The molecule has 4 saturated carbocycles. The lowest BCUT2D eigenvalue weighted by Crippen LogP contribution is -2.80. The fourth-order valence-electron chi connectivity index (χ4n) is 9.26. The van der Waals surface area contributed by atoms with E-state index in [9.17, 15) is 0 Å². The zero-order chi connectivity index (χ0) is 25.1. The van der Waals surface area contributed by atoms with Crippen LogP contribution in [0.25, 0.3) is 11.3 Å². The third-order valence-electron chi connectivity index (χ3n) is 9.71. The Balaban J connectivity index is 1.78. The lowest BCUT2D eigenvalue weighted by molar-refractivity contribution is -0.135. The van der Waals surface area contributed by atoms with Gasteiger partial charge >= 0.3 is 0 Å². The van der Waals surface area contributed by atoms with E-state index in [1.807, 2.05) is 0 Å². The summed E-state index contributed by atoms with van der Waals surface area (Å²) in [5, 5.41) is 2.26. The summed E-state index contributed by atoms with van der Waals surface area (Å²) in [7, 11) is -6.35. The molecule has 0 unspecified atom stereocenters. The first-order valence-corrected chi connectivity index (χ1v) is 24.8. The number of rotatable bonds is 7. The van der Waals surface area contributed by atoms with E-state index in [1.165, 1.54) is 54.8 Å². The normalized spacial score (nSPS) is 28.9. The molecule has 1 nitrogen and oxygen atoms in total. The van der Waals surface area contributed by atoms with Crippen molar-refractivity contribution in [1.82, 2.24) is 0 Å². The van der Waals surface area contributed by atoms with E-state index in [0.29, 0.717) is 0 Å². The molecular weight excluding hydrogens is 473 g/mol. The molecule has 186 valence electrons. The molecule has 35 heavy (non-hydrogen) atoms. The fourth-order valence-corrected chi connectivity index (χ4v) is 55.6.